The van der Waals surface area contributed by atoms with E-state index in [9.17, 15) is 0 Å². The zero-order chi connectivity index (χ0) is 13.5. The number of benzene rings is 1. The molecule has 20 heavy (non-hydrogen) atoms. The average molecular weight is 264 g/mol. The Balaban J connectivity index is 1.87. The molecular weight excluding hydrogens is 248 g/mol. The summed E-state index contributed by atoms with van der Waals surface area (Å²) < 4.78 is 3.77. The molecule has 4 nitrogen and oxygen atoms in total. The maximum absolute atomic E-state index is 4.77. The molecule has 0 unspecified atom stereocenters. The molecule has 0 saturated heterocycles. The zero-order valence-electron chi connectivity index (χ0n) is 11.4. The van der Waals surface area contributed by atoms with Crippen LogP contribution in [0.1, 0.15) is 24.5 Å². The van der Waals surface area contributed by atoms with Crippen LogP contribution in [0.15, 0.2) is 48.7 Å². The molecular formula is C16H16N4. The number of aryl methyl sites for hydroxylation is 1. The first-order chi connectivity index (χ1) is 9.81. The van der Waals surface area contributed by atoms with Gasteiger partial charge in [0.25, 0.3) is 0 Å². The smallest absolute Gasteiger partial charge is 0.175 e. The molecule has 0 radical (unpaired) electrons. The molecule has 1 aliphatic carbocycles. The molecule has 0 atom stereocenters. The standard InChI is InChI=1S/C16H16N4/c1-19-10-9-16(18-19)20-15(13-5-3-2-4-6-13)11-14(17-20)12-7-8-12/h2-6,9-12H,7-8H2,1H3. The zero-order valence-corrected chi connectivity index (χ0v) is 11.4. The minimum atomic E-state index is 0.641. The molecule has 1 fully saturated rings. The minimum Gasteiger partial charge on any atom is -0.274 e. The molecule has 2 aromatic heterocycles. The van der Waals surface area contributed by atoms with E-state index in [2.05, 4.69) is 35.4 Å². The Morgan fingerprint density at radius 1 is 1.05 bits per heavy atom. The summed E-state index contributed by atoms with van der Waals surface area (Å²) in [6.45, 7) is 0. The molecule has 0 amide bonds. The molecule has 0 spiro atoms. The third-order valence-corrected chi connectivity index (χ3v) is 3.71. The van der Waals surface area contributed by atoms with Crippen molar-refractivity contribution in [1.82, 2.24) is 19.6 Å². The van der Waals surface area contributed by atoms with Crippen LogP contribution in [0.2, 0.25) is 0 Å². The van der Waals surface area contributed by atoms with Crippen molar-refractivity contribution < 1.29 is 0 Å². The fraction of sp³-hybridized carbons (Fsp3) is 0.250. The molecule has 1 aliphatic rings. The van der Waals surface area contributed by atoms with Gasteiger partial charge in [0.05, 0.1) is 11.4 Å². The lowest BCUT2D eigenvalue weighted by molar-refractivity contribution is 0.728. The number of nitrogens with zero attached hydrogens (tertiary/aromatic N) is 4. The van der Waals surface area contributed by atoms with Crippen LogP contribution in [0.5, 0.6) is 0 Å². The first kappa shape index (κ1) is 11.5. The predicted molar refractivity (Wildman–Crippen MR) is 77.7 cm³/mol. The van der Waals surface area contributed by atoms with Gasteiger partial charge in [-0.25, -0.2) is 4.68 Å². The lowest BCUT2D eigenvalue weighted by Crippen LogP contribution is -2.01. The van der Waals surface area contributed by atoms with Gasteiger partial charge in [0, 0.05) is 30.8 Å². The van der Waals surface area contributed by atoms with Gasteiger partial charge in [0.15, 0.2) is 5.82 Å². The van der Waals surface area contributed by atoms with Crippen LogP contribution in [0.4, 0.5) is 0 Å². The first-order valence-electron chi connectivity index (χ1n) is 6.97. The van der Waals surface area contributed by atoms with Gasteiger partial charge >= 0.3 is 0 Å². The predicted octanol–water partition coefficient (Wildman–Crippen LogP) is 3.15. The third kappa shape index (κ3) is 1.93. The van der Waals surface area contributed by atoms with Gasteiger partial charge < -0.3 is 0 Å². The summed E-state index contributed by atoms with van der Waals surface area (Å²) in [5.74, 6) is 1.51. The van der Waals surface area contributed by atoms with E-state index < -0.39 is 0 Å². The van der Waals surface area contributed by atoms with Gasteiger partial charge in [-0.1, -0.05) is 30.3 Å². The van der Waals surface area contributed by atoms with E-state index in [-0.39, 0.29) is 0 Å². The second-order valence-electron chi connectivity index (χ2n) is 5.35. The lowest BCUT2D eigenvalue weighted by Gasteiger charge is -2.03. The second-order valence-corrected chi connectivity index (χ2v) is 5.35. The van der Waals surface area contributed by atoms with Crippen LogP contribution < -0.4 is 0 Å². The van der Waals surface area contributed by atoms with E-state index >= 15 is 0 Å². The first-order valence-corrected chi connectivity index (χ1v) is 6.97. The number of hydrogen-bond donors (Lipinski definition) is 0. The van der Waals surface area contributed by atoms with Crippen molar-refractivity contribution in [3.63, 3.8) is 0 Å². The summed E-state index contributed by atoms with van der Waals surface area (Å²) in [5.41, 5.74) is 3.48. The van der Waals surface area contributed by atoms with Crippen molar-refractivity contribution in [1.29, 1.82) is 0 Å². The lowest BCUT2D eigenvalue weighted by atomic mass is 10.1. The van der Waals surface area contributed by atoms with Gasteiger partial charge in [-0.05, 0) is 18.9 Å². The Labute approximate surface area is 117 Å². The van der Waals surface area contributed by atoms with E-state index in [0.717, 1.165) is 11.5 Å². The van der Waals surface area contributed by atoms with Crippen LogP contribution >= 0.6 is 0 Å². The van der Waals surface area contributed by atoms with Crippen molar-refractivity contribution in [2.45, 2.75) is 18.8 Å². The molecule has 100 valence electrons. The highest BCUT2D eigenvalue weighted by atomic mass is 15.4. The van der Waals surface area contributed by atoms with E-state index in [1.807, 2.05) is 34.7 Å². The van der Waals surface area contributed by atoms with Crippen molar-refractivity contribution in [3.05, 3.63) is 54.4 Å². The van der Waals surface area contributed by atoms with Gasteiger partial charge in [-0.3, -0.25) is 4.68 Å². The highest BCUT2D eigenvalue weighted by Crippen LogP contribution is 2.40. The minimum absolute atomic E-state index is 0.641. The third-order valence-electron chi connectivity index (χ3n) is 3.71. The fourth-order valence-electron chi connectivity index (χ4n) is 2.48. The van der Waals surface area contributed by atoms with Crippen LogP contribution in [0.25, 0.3) is 17.1 Å². The molecule has 3 aromatic rings. The van der Waals surface area contributed by atoms with Crippen molar-refractivity contribution in [3.8, 4) is 17.1 Å². The summed E-state index contributed by atoms with van der Waals surface area (Å²) >= 11 is 0. The van der Waals surface area contributed by atoms with Crippen LogP contribution in [-0.4, -0.2) is 19.6 Å². The van der Waals surface area contributed by atoms with Gasteiger partial charge in [0.1, 0.15) is 0 Å². The molecule has 0 aliphatic heterocycles. The molecule has 4 heteroatoms. The van der Waals surface area contributed by atoms with Crippen LogP contribution in [0.3, 0.4) is 0 Å². The van der Waals surface area contributed by atoms with Gasteiger partial charge in [-0.15, -0.1) is 0 Å². The van der Waals surface area contributed by atoms with Gasteiger partial charge in [0.2, 0.25) is 0 Å². The summed E-state index contributed by atoms with van der Waals surface area (Å²) in [6.07, 6.45) is 4.46. The Bertz CT molecular complexity index is 735. The topological polar surface area (TPSA) is 35.6 Å². The highest BCUT2D eigenvalue weighted by molar-refractivity contribution is 5.62. The number of aromatic nitrogens is 4. The molecule has 1 saturated carbocycles. The monoisotopic (exact) mass is 264 g/mol. The average Bonchev–Trinajstić information content (AvgIpc) is 3.08. The van der Waals surface area contributed by atoms with E-state index in [1.165, 1.54) is 24.1 Å². The number of hydrogen-bond acceptors (Lipinski definition) is 2. The Kier molecular flexibility index (Phi) is 2.49. The largest absolute Gasteiger partial charge is 0.274 e. The Hall–Kier alpha value is -2.36. The van der Waals surface area contributed by atoms with E-state index in [4.69, 9.17) is 5.10 Å². The molecule has 2 heterocycles. The summed E-state index contributed by atoms with van der Waals surface area (Å²) in [5, 5.41) is 9.25. The van der Waals surface area contributed by atoms with Crippen LogP contribution in [-0.2, 0) is 7.05 Å². The maximum Gasteiger partial charge on any atom is 0.175 e. The van der Waals surface area contributed by atoms with Crippen LogP contribution in [0, 0.1) is 0 Å². The summed E-state index contributed by atoms with van der Waals surface area (Å²) in [6, 6.07) is 14.6. The summed E-state index contributed by atoms with van der Waals surface area (Å²) in [4.78, 5) is 0. The maximum atomic E-state index is 4.77. The van der Waals surface area contributed by atoms with E-state index in [1.54, 1.807) is 0 Å². The fourth-order valence-corrected chi connectivity index (χ4v) is 2.48. The second kappa shape index (κ2) is 4.34. The molecule has 4 rings (SSSR count). The van der Waals surface area contributed by atoms with Crippen molar-refractivity contribution in [2.24, 2.45) is 7.05 Å². The highest BCUT2D eigenvalue weighted by Gasteiger charge is 2.28. The molecule has 1 aromatic carbocycles. The Morgan fingerprint density at radius 2 is 1.85 bits per heavy atom. The normalized spacial score (nSPS) is 14.7. The molecule has 0 N–H and O–H groups in total. The number of rotatable bonds is 3. The van der Waals surface area contributed by atoms with Gasteiger partial charge in [-0.2, -0.15) is 10.2 Å². The van der Waals surface area contributed by atoms with Crippen molar-refractivity contribution >= 4 is 0 Å². The quantitative estimate of drug-likeness (QED) is 0.728. The summed E-state index contributed by atoms with van der Waals surface area (Å²) in [7, 11) is 1.93. The molecule has 0 bridgehead atoms. The SMILES string of the molecule is Cn1ccc(-n2nc(C3CC3)cc2-c2ccccc2)n1. The van der Waals surface area contributed by atoms with E-state index in [0.29, 0.717) is 5.92 Å². The Morgan fingerprint density at radius 3 is 2.50 bits per heavy atom. The van der Waals surface area contributed by atoms with Crippen molar-refractivity contribution in [2.75, 3.05) is 0 Å².